The molecule has 94 valence electrons. The van der Waals surface area contributed by atoms with Crippen molar-refractivity contribution in [2.75, 3.05) is 17.6 Å². The maximum absolute atomic E-state index is 6.10. The molecule has 1 aromatic rings. The minimum Gasteiger partial charge on any atom is -0.377 e. The average Bonchev–Trinajstić information content (AvgIpc) is 2.66. The van der Waals surface area contributed by atoms with E-state index in [4.69, 9.17) is 17.3 Å². The van der Waals surface area contributed by atoms with Crippen LogP contribution in [0.4, 0.5) is 5.69 Å². The second kappa shape index (κ2) is 5.39. The van der Waals surface area contributed by atoms with E-state index < -0.39 is 0 Å². The lowest BCUT2D eigenvalue weighted by molar-refractivity contribution is 0.480. The Balaban J connectivity index is 2.21. The molecule has 0 spiro atoms. The lowest BCUT2D eigenvalue weighted by atomic mass is 9.92. The third-order valence-corrected chi connectivity index (χ3v) is 5.99. The van der Waals surface area contributed by atoms with Crippen LogP contribution in [0.5, 0.6) is 0 Å². The zero-order valence-electron chi connectivity index (χ0n) is 9.67. The van der Waals surface area contributed by atoms with Crippen molar-refractivity contribution in [2.24, 2.45) is 5.73 Å². The Bertz CT molecular complexity index is 415. The van der Waals surface area contributed by atoms with Crippen molar-refractivity contribution in [1.82, 2.24) is 0 Å². The van der Waals surface area contributed by atoms with Gasteiger partial charge in [0.1, 0.15) is 0 Å². The van der Waals surface area contributed by atoms with Crippen LogP contribution < -0.4 is 11.1 Å². The molecular formula is C12H16BrClN2S. The fourth-order valence-electron chi connectivity index (χ4n) is 2.13. The van der Waals surface area contributed by atoms with E-state index >= 15 is 0 Å². The minimum absolute atomic E-state index is 0.00181. The van der Waals surface area contributed by atoms with Gasteiger partial charge < -0.3 is 11.1 Å². The highest BCUT2D eigenvalue weighted by Gasteiger charge is 2.39. The topological polar surface area (TPSA) is 38.0 Å². The Labute approximate surface area is 120 Å². The third-order valence-electron chi connectivity index (χ3n) is 3.37. The van der Waals surface area contributed by atoms with Crippen LogP contribution in [-0.4, -0.2) is 23.1 Å². The molecule has 0 amide bonds. The second-order valence-electron chi connectivity index (χ2n) is 4.38. The molecule has 17 heavy (non-hydrogen) atoms. The molecule has 0 aromatic heterocycles. The van der Waals surface area contributed by atoms with Crippen LogP contribution in [0.1, 0.15) is 13.3 Å². The molecule has 2 nitrogen and oxygen atoms in total. The summed E-state index contributed by atoms with van der Waals surface area (Å²) in [6.07, 6.45) is 1.10. The standard InChI is InChI=1S/C12H16BrClN2S/c1-8-12(7-15,4-5-17-8)16-9-2-3-10(13)11(14)6-9/h2-3,6,8,16H,4-5,7,15H2,1H3. The molecule has 3 N–H and O–H groups in total. The highest BCUT2D eigenvalue weighted by Crippen LogP contribution is 2.38. The largest absolute Gasteiger partial charge is 0.377 e. The molecule has 1 aliphatic rings. The van der Waals surface area contributed by atoms with Crippen LogP contribution >= 0.6 is 39.3 Å². The van der Waals surface area contributed by atoms with Crippen molar-refractivity contribution >= 4 is 45.0 Å². The highest BCUT2D eigenvalue weighted by atomic mass is 79.9. The molecule has 1 saturated heterocycles. The van der Waals surface area contributed by atoms with Crippen molar-refractivity contribution in [3.63, 3.8) is 0 Å². The van der Waals surface area contributed by atoms with Gasteiger partial charge in [0.2, 0.25) is 0 Å². The molecule has 0 aliphatic carbocycles. The molecule has 1 aliphatic heterocycles. The van der Waals surface area contributed by atoms with Crippen LogP contribution in [0.2, 0.25) is 5.02 Å². The third kappa shape index (κ3) is 2.75. The Morgan fingerprint density at radius 1 is 1.65 bits per heavy atom. The summed E-state index contributed by atoms with van der Waals surface area (Å²) in [5.41, 5.74) is 7.00. The molecule has 2 rings (SSSR count). The minimum atomic E-state index is 0.00181. The first kappa shape index (κ1) is 13.5. The first-order valence-corrected chi connectivity index (χ1v) is 7.84. The average molecular weight is 336 g/mol. The number of hydrogen-bond donors (Lipinski definition) is 2. The van der Waals surface area contributed by atoms with Gasteiger partial charge in [0.05, 0.1) is 10.6 Å². The molecular weight excluding hydrogens is 320 g/mol. The zero-order valence-corrected chi connectivity index (χ0v) is 12.8. The fourth-order valence-corrected chi connectivity index (χ4v) is 3.98. The van der Waals surface area contributed by atoms with Crippen molar-refractivity contribution in [1.29, 1.82) is 0 Å². The summed E-state index contributed by atoms with van der Waals surface area (Å²) in [5.74, 6) is 1.16. The molecule has 5 heteroatoms. The first-order valence-electron chi connectivity index (χ1n) is 5.62. The number of nitrogens with one attached hydrogen (secondary N) is 1. The van der Waals surface area contributed by atoms with Gasteiger partial charge in [-0.05, 0) is 46.3 Å². The molecule has 2 atom stereocenters. The van der Waals surface area contributed by atoms with E-state index in [-0.39, 0.29) is 5.54 Å². The Kier molecular flexibility index (Phi) is 4.29. The Hall–Kier alpha value is 0.1000. The van der Waals surface area contributed by atoms with Gasteiger partial charge >= 0.3 is 0 Å². The molecule has 1 fully saturated rings. The number of anilines is 1. The predicted octanol–water partition coefficient (Wildman–Crippen LogP) is 3.74. The van der Waals surface area contributed by atoms with Crippen molar-refractivity contribution in [2.45, 2.75) is 24.1 Å². The van der Waals surface area contributed by atoms with E-state index in [1.165, 1.54) is 0 Å². The normalized spacial score (nSPS) is 28.4. The summed E-state index contributed by atoms with van der Waals surface area (Å²) < 4.78 is 0.917. The van der Waals surface area contributed by atoms with E-state index in [0.29, 0.717) is 11.8 Å². The van der Waals surface area contributed by atoms with Crippen LogP contribution in [0.15, 0.2) is 22.7 Å². The lowest BCUT2D eigenvalue weighted by Gasteiger charge is -2.34. The maximum atomic E-state index is 6.10. The quantitative estimate of drug-likeness (QED) is 0.884. The van der Waals surface area contributed by atoms with Gasteiger partial charge in [0.15, 0.2) is 0 Å². The summed E-state index contributed by atoms with van der Waals surface area (Å²) >= 11 is 11.5. The van der Waals surface area contributed by atoms with Gasteiger partial charge in [0.25, 0.3) is 0 Å². The first-order chi connectivity index (χ1) is 8.07. The summed E-state index contributed by atoms with van der Waals surface area (Å²) in [7, 11) is 0. The SMILES string of the molecule is CC1SCCC1(CN)Nc1ccc(Br)c(Cl)c1. The smallest absolute Gasteiger partial charge is 0.0619 e. The number of rotatable bonds is 3. The molecule has 2 unspecified atom stereocenters. The van der Waals surface area contributed by atoms with Crippen LogP contribution in [0.25, 0.3) is 0 Å². The Morgan fingerprint density at radius 2 is 2.41 bits per heavy atom. The van der Waals surface area contributed by atoms with Crippen molar-refractivity contribution in [3.8, 4) is 0 Å². The molecule has 1 heterocycles. The molecule has 0 radical (unpaired) electrons. The summed E-state index contributed by atoms with van der Waals surface area (Å²) in [6.45, 7) is 2.88. The van der Waals surface area contributed by atoms with Crippen molar-refractivity contribution in [3.05, 3.63) is 27.7 Å². The number of thioether (sulfide) groups is 1. The van der Waals surface area contributed by atoms with Gasteiger partial charge in [-0.15, -0.1) is 0 Å². The summed E-state index contributed by atoms with van der Waals surface area (Å²) in [6, 6.07) is 5.93. The summed E-state index contributed by atoms with van der Waals surface area (Å²) in [4.78, 5) is 0. The zero-order chi connectivity index (χ0) is 12.5. The van der Waals surface area contributed by atoms with Gasteiger partial charge in [-0.1, -0.05) is 18.5 Å². The van der Waals surface area contributed by atoms with E-state index in [2.05, 4.69) is 28.2 Å². The lowest BCUT2D eigenvalue weighted by Crippen LogP contribution is -2.49. The summed E-state index contributed by atoms with van der Waals surface area (Å²) in [5, 5.41) is 4.82. The van der Waals surface area contributed by atoms with Crippen LogP contribution in [-0.2, 0) is 0 Å². The fraction of sp³-hybridized carbons (Fsp3) is 0.500. The van der Waals surface area contributed by atoms with Gasteiger partial charge in [-0.25, -0.2) is 0 Å². The number of hydrogen-bond acceptors (Lipinski definition) is 3. The van der Waals surface area contributed by atoms with E-state index in [1.807, 2.05) is 30.0 Å². The van der Waals surface area contributed by atoms with Crippen LogP contribution in [0.3, 0.4) is 0 Å². The maximum Gasteiger partial charge on any atom is 0.0619 e. The number of benzene rings is 1. The molecule has 1 aromatic carbocycles. The van der Waals surface area contributed by atoms with E-state index in [1.54, 1.807) is 0 Å². The van der Waals surface area contributed by atoms with E-state index in [9.17, 15) is 0 Å². The number of nitrogens with two attached hydrogens (primary N) is 1. The Morgan fingerprint density at radius 3 is 2.94 bits per heavy atom. The highest BCUT2D eigenvalue weighted by molar-refractivity contribution is 9.10. The van der Waals surface area contributed by atoms with Gasteiger partial charge in [0, 0.05) is 22.0 Å². The van der Waals surface area contributed by atoms with E-state index in [0.717, 1.165) is 27.4 Å². The predicted molar refractivity (Wildman–Crippen MR) is 81.1 cm³/mol. The van der Waals surface area contributed by atoms with Gasteiger partial charge in [-0.3, -0.25) is 0 Å². The second-order valence-corrected chi connectivity index (χ2v) is 7.09. The number of halogens is 2. The van der Waals surface area contributed by atoms with Crippen LogP contribution in [0, 0.1) is 0 Å². The molecule has 0 saturated carbocycles. The monoisotopic (exact) mass is 334 g/mol. The van der Waals surface area contributed by atoms with Crippen molar-refractivity contribution < 1.29 is 0 Å². The van der Waals surface area contributed by atoms with Gasteiger partial charge in [-0.2, -0.15) is 11.8 Å². The molecule has 0 bridgehead atoms.